The van der Waals surface area contributed by atoms with Crippen LogP contribution >= 0.6 is 0 Å². The van der Waals surface area contributed by atoms with Gasteiger partial charge in [-0.15, -0.1) is 0 Å². The first-order valence-corrected chi connectivity index (χ1v) is 8.36. The highest BCUT2D eigenvalue weighted by Crippen LogP contribution is 2.07. The van der Waals surface area contributed by atoms with Crippen molar-refractivity contribution in [3.63, 3.8) is 0 Å². The molecule has 0 aliphatic rings. The van der Waals surface area contributed by atoms with Crippen molar-refractivity contribution in [1.29, 1.82) is 0 Å². The van der Waals surface area contributed by atoms with Gasteiger partial charge in [-0.3, -0.25) is 0 Å². The van der Waals surface area contributed by atoms with Gasteiger partial charge in [0.1, 0.15) is 0 Å². The quantitative estimate of drug-likeness (QED) is 0.426. The minimum absolute atomic E-state index is 0.246. The third-order valence-corrected chi connectivity index (χ3v) is 3.45. The summed E-state index contributed by atoms with van der Waals surface area (Å²) in [6, 6.07) is 0.759. The van der Waals surface area contributed by atoms with Crippen LogP contribution in [-0.4, -0.2) is 31.7 Å². The monoisotopic (exact) mass is 271 g/mol. The maximum atomic E-state index is 5.71. The molecule has 3 nitrogen and oxygen atoms in total. The molecule has 4 N–H and O–H groups in total. The van der Waals surface area contributed by atoms with Gasteiger partial charge in [0.25, 0.3) is 0 Å². The lowest BCUT2D eigenvalue weighted by Gasteiger charge is -2.16. The zero-order valence-corrected chi connectivity index (χ0v) is 13.5. The Bertz CT molecular complexity index is 171. The average Bonchev–Trinajstić information content (AvgIpc) is 2.38. The average molecular weight is 271 g/mol. The summed E-state index contributed by atoms with van der Waals surface area (Å²) in [7, 11) is 0. The van der Waals surface area contributed by atoms with E-state index in [1.54, 1.807) is 0 Å². The largest absolute Gasteiger partial charge is 0.327 e. The van der Waals surface area contributed by atoms with Crippen molar-refractivity contribution >= 4 is 0 Å². The maximum absolute atomic E-state index is 5.71. The van der Waals surface area contributed by atoms with E-state index in [4.69, 9.17) is 5.73 Å². The molecule has 0 spiro atoms. The van der Waals surface area contributed by atoms with Crippen LogP contribution in [0, 0.1) is 0 Å². The third-order valence-electron chi connectivity index (χ3n) is 3.45. The van der Waals surface area contributed by atoms with E-state index in [9.17, 15) is 0 Å². The summed E-state index contributed by atoms with van der Waals surface area (Å²) in [5, 5.41) is 6.94. The summed E-state index contributed by atoms with van der Waals surface area (Å²) >= 11 is 0. The first kappa shape index (κ1) is 18.9. The summed E-state index contributed by atoms with van der Waals surface area (Å²) < 4.78 is 0. The minimum Gasteiger partial charge on any atom is -0.327 e. The molecule has 0 aromatic rings. The lowest BCUT2D eigenvalue weighted by Crippen LogP contribution is -2.41. The van der Waals surface area contributed by atoms with E-state index in [1.807, 2.05) is 6.92 Å². The topological polar surface area (TPSA) is 50.1 Å². The van der Waals surface area contributed by atoms with Crippen molar-refractivity contribution in [1.82, 2.24) is 10.6 Å². The predicted molar refractivity (Wildman–Crippen MR) is 86.6 cm³/mol. The van der Waals surface area contributed by atoms with Gasteiger partial charge in [-0.2, -0.15) is 0 Å². The molecule has 0 aliphatic heterocycles. The highest BCUT2D eigenvalue weighted by Gasteiger charge is 2.01. The van der Waals surface area contributed by atoms with Crippen LogP contribution in [0.2, 0.25) is 0 Å². The van der Waals surface area contributed by atoms with E-state index in [-0.39, 0.29) is 6.04 Å². The first-order valence-electron chi connectivity index (χ1n) is 8.36. The summed E-state index contributed by atoms with van der Waals surface area (Å²) in [6.07, 6.45) is 11.1. The van der Waals surface area contributed by atoms with Crippen molar-refractivity contribution in [2.75, 3.05) is 19.6 Å². The Morgan fingerprint density at radius 2 is 1.42 bits per heavy atom. The Labute approximate surface area is 121 Å². The Morgan fingerprint density at radius 1 is 0.842 bits per heavy atom. The van der Waals surface area contributed by atoms with Gasteiger partial charge in [-0.25, -0.2) is 0 Å². The number of nitrogens with one attached hydrogen (secondary N) is 2. The van der Waals surface area contributed by atoms with E-state index in [1.165, 1.54) is 51.4 Å². The van der Waals surface area contributed by atoms with Crippen LogP contribution in [-0.2, 0) is 0 Å². The van der Waals surface area contributed by atoms with Crippen LogP contribution in [0.15, 0.2) is 0 Å². The molecule has 19 heavy (non-hydrogen) atoms. The molecule has 0 heterocycles. The van der Waals surface area contributed by atoms with Gasteiger partial charge in [0.2, 0.25) is 0 Å². The second-order valence-corrected chi connectivity index (χ2v) is 5.97. The van der Waals surface area contributed by atoms with Crippen molar-refractivity contribution in [2.24, 2.45) is 5.73 Å². The second-order valence-electron chi connectivity index (χ2n) is 5.97. The van der Waals surface area contributed by atoms with Gasteiger partial charge < -0.3 is 16.4 Å². The fourth-order valence-electron chi connectivity index (χ4n) is 2.16. The van der Waals surface area contributed by atoms with E-state index in [0.29, 0.717) is 6.04 Å². The standard InChI is InChI=1S/C16H37N3/c1-4-5-6-7-8-9-10-11-12-18-14-16(3)19-13-15(2)17/h15-16,18-19H,4-14,17H2,1-3H3. The molecule has 0 aliphatic carbocycles. The number of hydrogen-bond acceptors (Lipinski definition) is 3. The smallest absolute Gasteiger partial charge is 0.0164 e. The molecule has 0 amide bonds. The van der Waals surface area contributed by atoms with Crippen molar-refractivity contribution in [3.8, 4) is 0 Å². The summed E-state index contributed by atoms with van der Waals surface area (Å²) in [5.41, 5.74) is 5.71. The molecule has 0 fully saturated rings. The molecule has 2 atom stereocenters. The number of hydrogen-bond donors (Lipinski definition) is 3. The Morgan fingerprint density at radius 3 is 2.00 bits per heavy atom. The van der Waals surface area contributed by atoms with Gasteiger partial charge in [0, 0.05) is 25.2 Å². The Hall–Kier alpha value is -0.120. The number of nitrogens with two attached hydrogens (primary N) is 1. The summed E-state index contributed by atoms with van der Waals surface area (Å²) in [4.78, 5) is 0. The number of unbranched alkanes of at least 4 members (excludes halogenated alkanes) is 7. The molecule has 0 bridgehead atoms. The Balaban J connectivity index is 3.09. The second kappa shape index (κ2) is 14.3. The molecule has 0 aromatic heterocycles. The van der Waals surface area contributed by atoms with Crippen LogP contribution in [0.25, 0.3) is 0 Å². The molecule has 0 saturated heterocycles. The summed E-state index contributed by atoms with van der Waals surface area (Å²) in [6.45, 7) is 9.62. The lowest BCUT2D eigenvalue weighted by atomic mass is 10.1. The zero-order chi connectivity index (χ0) is 14.3. The zero-order valence-electron chi connectivity index (χ0n) is 13.5. The van der Waals surface area contributed by atoms with Crippen LogP contribution in [0.4, 0.5) is 0 Å². The summed E-state index contributed by atoms with van der Waals surface area (Å²) in [5.74, 6) is 0. The van der Waals surface area contributed by atoms with Crippen LogP contribution in [0.3, 0.4) is 0 Å². The van der Waals surface area contributed by atoms with E-state index >= 15 is 0 Å². The van der Waals surface area contributed by atoms with Crippen molar-refractivity contribution in [3.05, 3.63) is 0 Å². The highest BCUT2D eigenvalue weighted by molar-refractivity contribution is 4.67. The fourth-order valence-corrected chi connectivity index (χ4v) is 2.16. The van der Waals surface area contributed by atoms with Gasteiger partial charge in [-0.05, 0) is 26.8 Å². The van der Waals surface area contributed by atoms with E-state index in [2.05, 4.69) is 24.5 Å². The normalized spacial score (nSPS) is 14.5. The number of rotatable bonds is 14. The SMILES string of the molecule is CCCCCCCCCCNCC(C)NCC(C)N. The molecule has 0 rings (SSSR count). The third kappa shape index (κ3) is 15.8. The molecule has 0 radical (unpaired) electrons. The Kier molecular flexibility index (Phi) is 14.2. The van der Waals surface area contributed by atoms with Crippen LogP contribution in [0.5, 0.6) is 0 Å². The van der Waals surface area contributed by atoms with Crippen molar-refractivity contribution < 1.29 is 0 Å². The first-order chi connectivity index (χ1) is 9.16. The molecule has 0 aromatic carbocycles. The molecule has 2 unspecified atom stereocenters. The van der Waals surface area contributed by atoms with Crippen molar-refractivity contribution in [2.45, 2.75) is 84.2 Å². The molecule has 0 saturated carbocycles. The van der Waals surface area contributed by atoms with Crippen LogP contribution < -0.4 is 16.4 Å². The highest BCUT2D eigenvalue weighted by atomic mass is 15.0. The van der Waals surface area contributed by atoms with E-state index < -0.39 is 0 Å². The fraction of sp³-hybridized carbons (Fsp3) is 1.00. The maximum Gasteiger partial charge on any atom is 0.0164 e. The predicted octanol–water partition coefficient (Wildman–Crippen LogP) is 3.04. The molecular weight excluding hydrogens is 234 g/mol. The molecule has 116 valence electrons. The van der Waals surface area contributed by atoms with Crippen LogP contribution in [0.1, 0.15) is 72.1 Å². The van der Waals surface area contributed by atoms with E-state index in [0.717, 1.165) is 19.6 Å². The molecule has 3 heteroatoms. The van der Waals surface area contributed by atoms with Gasteiger partial charge in [0.05, 0.1) is 0 Å². The van der Waals surface area contributed by atoms with Gasteiger partial charge in [-0.1, -0.05) is 51.9 Å². The molecular formula is C16H37N3. The minimum atomic E-state index is 0.246. The van der Waals surface area contributed by atoms with Gasteiger partial charge in [0.15, 0.2) is 0 Å². The lowest BCUT2D eigenvalue weighted by molar-refractivity contribution is 0.474. The van der Waals surface area contributed by atoms with Gasteiger partial charge >= 0.3 is 0 Å².